The number of Topliss-reactive ketones (excluding diaryl/α,β-unsaturated/α-hetero) is 1. The maximum atomic E-state index is 12.4. The fourth-order valence-corrected chi connectivity index (χ4v) is 3.93. The first-order valence-electron chi connectivity index (χ1n) is 8.20. The summed E-state index contributed by atoms with van der Waals surface area (Å²) in [5, 5.41) is 3.31. The van der Waals surface area contributed by atoms with Gasteiger partial charge in [-0.2, -0.15) is 0 Å². The summed E-state index contributed by atoms with van der Waals surface area (Å²) in [6.45, 7) is 3.58. The van der Waals surface area contributed by atoms with Crippen LogP contribution in [-0.2, 0) is 4.79 Å². The molecule has 0 unspecified atom stereocenters. The summed E-state index contributed by atoms with van der Waals surface area (Å²) in [5.41, 5.74) is 4.69. The van der Waals surface area contributed by atoms with Crippen molar-refractivity contribution in [3.8, 4) is 0 Å². The molecule has 1 atom stereocenters. The van der Waals surface area contributed by atoms with Crippen molar-refractivity contribution in [1.29, 1.82) is 0 Å². The van der Waals surface area contributed by atoms with E-state index in [9.17, 15) is 4.79 Å². The second-order valence-corrected chi connectivity index (χ2v) is 7.07. The molecule has 0 aliphatic carbocycles. The minimum atomic E-state index is -0.169. The lowest BCUT2D eigenvalue weighted by molar-refractivity contribution is -0.114. The summed E-state index contributed by atoms with van der Waals surface area (Å²) in [7, 11) is 0. The lowest BCUT2D eigenvalue weighted by atomic mass is 9.92. The van der Waals surface area contributed by atoms with E-state index in [-0.39, 0.29) is 11.8 Å². The summed E-state index contributed by atoms with van der Waals surface area (Å²) in [5.74, 6) is 0.856. The van der Waals surface area contributed by atoms with Gasteiger partial charge in [-0.05, 0) is 49.9 Å². The van der Waals surface area contributed by atoms with Gasteiger partial charge in [-0.25, -0.2) is 4.98 Å². The van der Waals surface area contributed by atoms with Gasteiger partial charge in [0, 0.05) is 16.2 Å². The van der Waals surface area contributed by atoms with Crippen molar-refractivity contribution >= 4 is 34.5 Å². The Morgan fingerprint density at radius 1 is 1.16 bits per heavy atom. The maximum absolute atomic E-state index is 12.4. The largest absolute Gasteiger partial charge is 0.329 e. The highest BCUT2D eigenvalue weighted by Gasteiger charge is 2.32. The van der Waals surface area contributed by atoms with Crippen molar-refractivity contribution in [3.63, 3.8) is 0 Å². The molecule has 0 fully saturated rings. The molecule has 1 aliphatic rings. The van der Waals surface area contributed by atoms with Crippen LogP contribution >= 0.6 is 11.8 Å². The average Bonchev–Trinajstić information content (AvgIpc) is 2.98. The first kappa shape index (κ1) is 16.0. The Morgan fingerprint density at radius 3 is 2.56 bits per heavy atom. The highest BCUT2D eigenvalue weighted by molar-refractivity contribution is 7.98. The Balaban J connectivity index is 1.98. The van der Waals surface area contributed by atoms with E-state index in [1.54, 1.807) is 18.7 Å². The number of hydrogen-bond acceptors (Lipinski definition) is 4. The van der Waals surface area contributed by atoms with Crippen LogP contribution < -0.4 is 5.32 Å². The number of hydrogen-bond donors (Lipinski definition) is 1. The number of allylic oxidation sites excluding steroid dienone is 2. The number of fused-ring (bicyclic) bond motifs is 3. The second-order valence-electron chi connectivity index (χ2n) is 6.19. The number of benzene rings is 2. The normalized spacial score (nSPS) is 16.7. The van der Waals surface area contributed by atoms with Gasteiger partial charge in [0.05, 0.1) is 17.1 Å². The number of rotatable bonds is 3. The lowest BCUT2D eigenvalue weighted by Crippen LogP contribution is -2.26. The number of carbonyl (C=O) groups is 1. The molecular formula is C20H19N3OS. The molecule has 4 nitrogen and oxygen atoms in total. The van der Waals surface area contributed by atoms with Crippen LogP contribution in [0, 0.1) is 0 Å². The predicted octanol–water partition coefficient (Wildman–Crippen LogP) is 4.64. The van der Waals surface area contributed by atoms with Gasteiger partial charge in [-0.15, -0.1) is 11.8 Å². The molecule has 0 radical (unpaired) electrons. The van der Waals surface area contributed by atoms with E-state index in [0.29, 0.717) is 0 Å². The highest BCUT2D eigenvalue weighted by atomic mass is 32.2. The molecule has 2 aromatic carbocycles. The summed E-state index contributed by atoms with van der Waals surface area (Å²) in [6, 6.07) is 16.3. The first-order chi connectivity index (χ1) is 12.1. The van der Waals surface area contributed by atoms with Gasteiger partial charge in [0.1, 0.15) is 0 Å². The molecule has 0 amide bonds. The minimum Gasteiger partial charge on any atom is -0.329 e. The molecule has 2 heterocycles. The fourth-order valence-electron chi connectivity index (χ4n) is 3.52. The molecule has 1 aromatic heterocycles. The number of nitrogens with one attached hydrogen (secondary N) is 1. The average molecular weight is 349 g/mol. The third-order valence-corrected chi connectivity index (χ3v) is 5.39. The molecule has 0 bridgehead atoms. The van der Waals surface area contributed by atoms with Crippen molar-refractivity contribution in [2.45, 2.75) is 24.8 Å². The number of nitrogens with zero attached hydrogens (tertiary/aromatic N) is 2. The number of anilines is 1. The summed E-state index contributed by atoms with van der Waals surface area (Å²) in [6.07, 6.45) is 2.06. The molecular weight excluding hydrogens is 330 g/mol. The molecule has 25 heavy (non-hydrogen) atoms. The number of carbonyl (C=O) groups excluding carboxylic acids is 1. The first-order valence-corrected chi connectivity index (χ1v) is 9.42. The Morgan fingerprint density at radius 2 is 1.88 bits per heavy atom. The van der Waals surface area contributed by atoms with Gasteiger partial charge in [-0.3, -0.25) is 9.36 Å². The van der Waals surface area contributed by atoms with E-state index in [1.165, 1.54) is 4.90 Å². The van der Waals surface area contributed by atoms with E-state index in [2.05, 4.69) is 46.5 Å². The van der Waals surface area contributed by atoms with Crippen LogP contribution in [0.2, 0.25) is 0 Å². The summed E-state index contributed by atoms with van der Waals surface area (Å²) >= 11 is 1.71. The summed E-state index contributed by atoms with van der Waals surface area (Å²) in [4.78, 5) is 18.4. The van der Waals surface area contributed by atoms with Gasteiger partial charge in [0.2, 0.25) is 5.95 Å². The van der Waals surface area contributed by atoms with Gasteiger partial charge in [0.15, 0.2) is 5.78 Å². The van der Waals surface area contributed by atoms with E-state index < -0.39 is 0 Å². The van der Waals surface area contributed by atoms with Crippen molar-refractivity contribution < 1.29 is 4.79 Å². The van der Waals surface area contributed by atoms with E-state index in [1.807, 2.05) is 25.1 Å². The maximum Gasteiger partial charge on any atom is 0.209 e. The van der Waals surface area contributed by atoms with Crippen molar-refractivity contribution in [2.75, 3.05) is 11.6 Å². The number of aromatic nitrogens is 2. The zero-order chi connectivity index (χ0) is 17.6. The topological polar surface area (TPSA) is 46.9 Å². The highest BCUT2D eigenvalue weighted by Crippen LogP contribution is 2.39. The zero-order valence-electron chi connectivity index (χ0n) is 14.4. The van der Waals surface area contributed by atoms with Crippen molar-refractivity contribution in [1.82, 2.24) is 9.55 Å². The van der Waals surface area contributed by atoms with Crippen LogP contribution in [0.3, 0.4) is 0 Å². The molecule has 1 aliphatic heterocycles. The van der Waals surface area contributed by atoms with Crippen molar-refractivity contribution in [2.24, 2.45) is 0 Å². The minimum absolute atomic E-state index is 0.0763. The number of para-hydroxylation sites is 2. The Hall–Kier alpha value is -2.53. The Labute approximate surface area is 151 Å². The van der Waals surface area contributed by atoms with Crippen LogP contribution in [0.15, 0.2) is 64.7 Å². The third-order valence-electron chi connectivity index (χ3n) is 4.64. The molecule has 3 aromatic rings. The Kier molecular flexibility index (Phi) is 3.88. The van der Waals surface area contributed by atoms with E-state index in [4.69, 9.17) is 4.98 Å². The number of ketones is 1. The number of imidazole rings is 1. The molecule has 5 heteroatoms. The lowest BCUT2D eigenvalue weighted by Gasteiger charge is -2.30. The van der Waals surface area contributed by atoms with E-state index >= 15 is 0 Å². The molecule has 4 rings (SSSR count). The van der Waals surface area contributed by atoms with Gasteiger partial charge >= 0.3 is 0 Å². The smallest absolute Gasteiger partial charge is 0.209 e. The zero-order valence-corrected chi connectivity index (χ0v) is 15.2. The van der Waals surface area contributed by atoms with Crippen LogP contribution in [0.4, 0.5) is 5.95 Å². The molecule has 0 saturated carbocycles. The van der Waals surface area contributed by atoms with Gasteiger partial charge in [-0.1, -0.05) is 24.3 Å². The van der Waals surface area contributed by atoms with Gasteiger partial charge in [0.25, 0.3) is 0 Å². The van der Waals surface area contributed by atoms with Crippen LogP contribution in [0.5, 0.6) is 0 Å². The number of thioether (sulfide) groups is 1. The van der Waals surface area contributed by atoms with Gasteiger partial charge < -0.3 is 5.32 Å². The van der Waals surface area contributed by atoms with Crippen LogP contribution in [0.1, 0.15) is 25.5 Å². The van der Waals surface area contributed by atoms with Crippen LogP contribution in [-0.4, -0.2) is 21.6 Å². The Bertz CT molecular complexity index is 1000. The quantitative estimate of drug-likeness (QED) is 0.700. The predicted molar refractivity (Wildman–Crippen MR) is 103 cm³/mol. The third kappa shape index (κ3) is 2.55. The summed E-state index contributed by atoms with van der Waals surface area (Å²) < 4.78 is 2.13. The van der Waals surface area contributed by atoms with Crippen LogP contribution in [0.25, 0.3) is 11.0 Å². The van der Waals surface area contributed by atoms with Crippen molar-refractivity contribution in [3.05, 3.63) is 65.4 Å². The second kappa shape index (κ2) is 6.08. The monoisotopic (exact) mass is 349 g/mol. The molecule has 126 valence electrons. The molecule has 1 N–H and O–H groups in total. The molecule has 0 spiro atoms. The standard InChI is InChI=1S/C20H19N3OS/c1-12-18(13(2)24)19(14-8-10-15(25-3)11-9-14)23-17-7-5-4-6-16(17)22-20(23)21-12/h4-11,19H,1-3H3,(H,21,22)/t19-/m1/s1. The van der Waals surface area contributed by atoms with E-state index in [0.717, 1.165) is 33.8 Å². The SMILES string of the molecule is CSc1ccc([C@@H]2C(C(C)=O)=C(C)Nc3nc4ccccc4n32)cc1. The fraction of sp³-hybridized carbons (Fsp3) is 0.200. The molecule has 0 saturated heterocycles.